The molecule has 0 spiro atoms. The Morgan fingerprint density at radius 1 is 0.571 bits per heavy atom. The number of fused-ring (bicyclic) bond motifs is 2. The normalized spacial score (nSPS) is 14.4. The molecule has 0 amide bonds. The Bertz CT molecular complexity index is 1610. The number of rotatable bonds is 5. The minimum atomic E-state index is -0.234. The van der Waals surface area contributed by atoms with Gasteiger partial charge in [-0.25, -0.2) is 29.1 Å². The molecular formula is C34H54N8. The maximum atomic E-state index is 5.28. The van der Waals surface area contributed by atoms with Crippen molar-refractivity contribution in [2.24, 2.45) is 0 Å². The standard InChI is InChI=1S/C34H54N8/c1-29(2,3)23-21-24(40-42(32(10,11)12)27(21)37-19-35-23)33(13,14)17-18-34(15,16)26-22-25(30(4,5)6)39-28(31(7,8)9)41(22)38-20-36-26/h19-20H,17-18H2,1-16H3. The highest BCUT2D eigenvalue weighted by molar-refractivity contribution is 5.83. The van der Waals surface area contributed by atoms with Crippen LogP contribution in [0.1, 0.15) is 152 Å². The quantitative estimate of drug-likeness (QED) is 0.240. The predicted octanol–water partition coefficient (Wildman–Crippen LogP) is 7.95. The zero-order chi connectivity index (χ0) is 31.8. The highest BCUT2D eigenvalue weighted by atomic mass is 15.3. The van der Waals surface area contributed by atoms with Crippen LogP contribution in [0.4, 0.5) is 0 Å². The molecular weight excluding hydrogens is 520 g/mol. The Morgan fingerprint density at radius 2 is 1.10 bits per heavy atom. The summed E-state index contributed by atoms with van der Waals surface area (Å²) in [5, 5.41) is 11.1. The topological polar surface area (TPSA) is 86.7 Å². The molecule has 8 heteroatoms. The molecule has 8 nitrogen and oxygen atoms in total. The second kappa shape index (κ2) is 9.81. The Morgan fingerprint density at radius 3 is 1.60 bits per heavy atom. The molecule has 0 N–H and O–H groups in total. The summed E-state index contributed by atoms with van der Waals surface area (Å²) in [6, 6.07) is 0. The van der Waals surface area contributed by atoms with Gasteiger partial charge in [0, 0.05) is 27.1 Å². The van der Waals surface area contributed by atoms with Crippen LogP contribution >= 0.6 is 0 Å². The van der Waals surface area contributed by atoms with E-state index < -0.39 is 0 Å². The summed E-state index contributed by atoms with van der Waals surface area (Å²) in [5.41, 5.74) is 5.05. The van der Waals surface area contributed by atoms with Gasteiger partial charge < -0.3 is 0 Å². The van der Waals surface area contributed by atoms with E-state index in [-0.39, 0.29) is 32.6 Å². The molecule has 0 atom stereocenters. The number of aromatic nitrogens is 8. The lowest BCUT2D eigenvalue weighted by Gasteiger charge is -2.31. The van der Waals surface area contributed by atoms with E-state index in [1.807, 2.05) is 4.52 Å². The van der Waals surface area contributed by atoms with E-state index in [2.05, 4.69) is 115 Å². The Labute approximate surface area is 253 Å². The van der Waals surface area contributed by atoms with Crippen molar-refractivity contribution in [2.75, 3.05) is 0 Å². The first-order valence-electron chi connectivity index (χ1n) is 15.4. The number of hydrogen-bond donors (Lipinski definition) is 0. The molecule has 0 radical (unpaired) electrons. The average Bonchev–Trinajstić information content (AvgIpc) is 3.42. The van der Waals surface area contributed by atoms with Crippen LogP contribution in [0.5, 0.6) is 0 Å². The Kier molecular flexibility index (Phi) is 7.48. The van der Waals surface area contributed by atoms with Gasteiger partial charge in [-0.3, -0.25) is 0 Å². The van der Waals surface area contributed by atoms with E-state index in [4.69, 9.17) is 30.1 Å². The van der Waals surface area contributed by atoms with E-state index >= 15 is 0 Å². The van der Waals surface area contributed by atoms with Crippen molar-refractivity contribution in [2.45, 2.75) is 156 Å². The largest absolute Gasteiger partial charge is 0.242 e. The first kappa shape index (κ1) is 32.0. The van der Waals surface area contributed by atoms with Gasteiger partial charge in [0.15, 0.2) is 5.65 Å². The SMILES string of the molecule is CC(C)(C)c1ncnc2c1c(C(C)(C)CCC(C)(C)c1ncnn3c(C(C)(C)C)nc(C(C)(C)C)c13)nn2C(C)(C)C. The van der Waals surface area contributed by atoms with Crippen molar-refractivity contribution in [1.29, 1.82) is 0 Å². The molecule has 0 aliphatic rings. The predicted molar refractivity (Wildman–Crippen MR) is 172 cm³/mol. The van der Waals surface area contributed by atoms with Crippen molar-refractivity contribution in [3.63, 3.8) is 0 Å². The number of hydrogen-bond acceptors (Lipinski definition) is 6. The minimum Gasteiger partial charge on any atom is -0.242 e. The minimum absolute atomic E-state index is 0.139. The smallest absolute Gasteiger partial charge is 0.162 e. The van der Waals surface area contributed by atoms with Crippen LogP contribution in [-0.4, -0.2) is 39.3 Å². The molecule has 4 aromatic heterocycles. The maximum absolute atomic E-state index is 5.28. The first-order valence-corrected chi connectivity index (χ1v) is 15.4. The lowest BCUT2D eigenvalue weighted by atomic mass is 9.74. The molecule has 0 aliphatic carbocycles. The van der Waals surface area contributed by atoms with Crippen molar-refractivity contribution in [3.05, 3.63) is 41.3 Å². The second-order valence-electron chi connectivity index (χ2n) is 17.5. The van der Waals surface area contributed by atoms with Gasteiger partial charge in [0.1, 0.15) is 24.0 Å². The van der Waals surface area contributed by atoms with Crippen LogP contribution in [0.2, 0.25) is 0 Å². The lowest BCUT2D eigenvalue weighted by Crippen LogP contribution is -2.28. The second-order valence-corrected chi connectivity index (χ2v) is 17.5. The van der Waals surface area contributed by atoms with Gasteiger partial charge in [-0.2, -0.15) is 10.2 Å². The molecule has 0 unspecified atom stereocenters. The van der Waals surface area contributed by atoms with Crippen LogP contribution in [0.3, 0.4) is 0 Å². The Hall–Kier alpha value is -2.90. The van der Waals surface area contributed by atoms with Crippen LogP contribution in [0.25, 0.3) is 16.6 Å². The summed E-state index contributed by atoms with van der Waals surface area (Å²) in [7, 11) is 0. The van der Waals surface area contributed by atoms with Crippen molar-refractivity contribution >= 4 is 16.6 Å². The van der Waals surface area contributed by atoms with Gasteiger partial charge in [-0.05, 0) is 33.6 Å². The molecule has 0 fully saturated rings. The number of nitrogens with zero attached hydrogens (tertiary/aromatic N) is 8. The summed E-state index contributed by atoms with van der Waals surface area (Å²) >= 11 is 0. The van der Waals surface area contributed by atoms with Crippen LogP contribution in [-0.2, 0) is 32.6 Å². The van der Waals surface area contributed by atoms with Gasteiger partial charge in [0.25, 0.3) is 0 Å². The zero-order valence-corrected chi connectivity index (χ0v) is 29.1. The van der Waals surface area contributed by atoms with E-state index in [0.717, 1.165) is 58.0 Å². The molecule has 0 saturated carbocycles. The summed E-state index contributed by atoms with van der Waals surface area (Å²) in [4.78, 5) is 19.7. The summed E-state index contributed by atoms with van der Waals surface area (Å²) in [5.74, 6) is 0.969. The third kappa shape index (κ3) is 5.70. The van der Waals surface area contributed by atoms with Crippen LogP contribution in [0.15, 0.2) is 12.7 Å². The van der Waals surface area contributed by atoms with Crippen molar-refractivity contribution in [3.8, 4) is 0 Å². The fourth-order valence-electron chi connectivity index (χ4n) is 5.76. The first-order chi connectivity index (χ1) is 18.9. The van der Waals surface area contributed by atoms with Gasteiger partial charge in [-0.1, -0.05) is 90.0 Å². The third-order valence-electron chi connectivity index (χ3n) is 8.28. The molecule has 4 rings (SSSR count). The molecule has 0 bridgehead atoms. The summed E-state index contributed by atoms with van der Waals surface area (Å²) in [6.07, 6.45) is 5.21. The fraction of sp³-hybridized carbons (Fsp3) is 0.706. The molecule has 4 aromatic rings. The zero-order valence-electron chi connectivity index (χ0n) is 29.1. The van der Waals surface area contributed by atoms with Crippen LogP contribution in [0, 0.1) is 0 Å². The van der Waals surface area contributed by atoms with Crippen LogP contribution < -0.4 is 0 Å². The van der Waals surface area contributed by atoms with E-state index in [1.54, 1.807) is 12.7 Å². The number of imidazole rings is 1. The molecule has 0 saturated heterocycles. The lowest BCUT2D eigenvalue weighted by molar-refractivity contribution is 0.337. The van der Waals surface area contributed by atoms with Gasteiger partial charge in [0.2, 0.25) is 0 Å². The van der Waals surface area contributed by atoms with E-state index in [0.29, 0.717) is 0 Å². The molecule has 0 aliphatic heterocycles. The molecule has 4 heterocycles. The highest BCUT2D eigenvalue weighted by Gasteiger charge is 2.38. The summed E-state index contributed by atoms with van der Waals surface area (Å²) < 4.78 is 4.13. The van der Waals surface area contributed by atoms with E-state index in [9.17, 15) is 0 Å². The van der Waals surface area contributed by atoms with Gasteiger partial charge in [-0.15, -0.1) is 0 Å². The molecule has 230 valence electrons. The Balaban J connectivity index is 1.84. The van der Waals surface area contributed by atoms with Gasteiger partial charge >= 0.3 is 0 Å². The maximum Gasteiger partial charge on any atom is 0.162 e. The molecule has 42 heavy (non-hydrogen) atoms. The highest BCUT2D eigenvalue weighted by Crippen LogP contribution is 2.43. The van der Waals surface area contributed by atoms with Crippen molar-refractivity contribution < 1.29 is 0 Å². The summed E-state index contributed by atoms with van der Waals surface area (Å²) in [6.45, 7) is 35.7. The van der Waals surface area contributed by atoms with E-state index in [1.165, 1.54) is 0 Å². The van der Waals surface area contributed by atoms with Crippen molar-refractivity contribution in [1.82, 2.24) is 39.3 Å². The average molecular weight is 575 g/mol. The third-order valence-corrected chi connectivity index (χ3v) is 8.28. The monoisotopic (exact) mass is 574 g/mol. The van der Waals surface area contributed by atoms with Gasteiger partial charge in [0.05, 0.1) is 33.7 Å². The molecule has 0 aromatic carbocycles. The fourth-order valence-corrected chi connectivity index (χ4v) is 5.76.